The molecule has 6 heteroatoms. The Hall–Kier alpha value is -0.480. The molecule has 1 fully saturated rings. The van der Waals surface area contributed by atoms with E-state index in [9.17, 15) is 9.59 Å². The molecule has 0 aromatic carbocycles. The normalized spacial score (nSPS) is 20.7. The molecule has 0 unspecified atom stereocenters. The van der Waals surface area contributed by atoms with Crippen LogP contribution in [0.3, 0.4) is 0 Å². The minimum absolute atomic E-state index is 0.0698. The first-order valence-corrected chi connectivity index (χ1v) is 8.36. The lowest BCUT2D eigenvalue weighted by molar-refractivity contribution is -0.161. The number of hydrogen-bond donors (Lipinski definition) is 0. The van der Waals surface area contributed by atoms with Crippen LogP contribution >= 0.6 is 45.2 Å². The van der Waals surface area contributed by atoms with E-state index >= 15 is 0 Å². The Morgan fingerprint density at radius 3 is 1.65 bits per heavy atom. The van der Waals surface area contributed by atoms with Crippen LogP contribution in [0.15, 0.2) is 0 Å². The molecule has 0 aromatic heterocycles. The molecule has 2 atom stereocenters. The van der Waals surface area contributed by atoms with Gasteiger partial charge in [0.05, 0.1) is 11.8 Å². The fourth-order valence-electron chi connectivity index (χ4n) is 2.18. The highest BCUT2D eigenvalue weighted by Gasteiger charge is 2.37. The first-order valence-electron chi connectivity index (χ1n) is 6.21. The van der Waals surface area contributed by atoms with Crippen molar-refractivity contribution < 1.29 is 19.1 Å². The van der Waals surface area contributed by atoms with E-state index in [0.717, 1.165) is 12.8 Å². The monoisotopic (exact) mass is 500 g/mol. The van der Waals surface area contributed by atoms with Crippen molar-refractivity contribution in [3.8, 4) is 19.7 Å². The maximum Gasteiger partial charge on any atom is 0.310 e. The average molecular weight is 500 g/mol. The quantitative estimate of drug-likeness (QED) is 0.339. The molecule has 0 amide bonds. The summed E-state index contributed by atoms with van der Waals surface area (Å²) < 4.78 is 15.4. The van der Waals surface area contributed by atoms with Crippen LogP contribution in [0, 0.1) is 31.5 Å². The van der Waals surface area contributed by atoms with E-state index in [-0.39, 0.29) is 25.2 Å². The Morgan fingerprint density at radius 1 is 0.900 bits per heavy atom. The van der Waals surface area contributed by atoms with Gasteiger partial charge in [-0.2, -0.15) is 0 Å². The average Bonchev–Trinajstić information content (AvgIpc) is 2.47. The van der Waals surface area contributed by atoms with Gasteiger partial charge in [-0.05, 0) is 20.7 Å². The molecule has 1 saturated carbocycles. The standard InChI is InChI=1S/C14H14I2O4/c15-7-3-9-19-13(17)11-5-1-2-6-12(11)14(18)20-10-4-8-16/h11-12H,1-2,5-6,9-10H2/t11-,12-/m1/s1. The summed E-state index contributed by atoms with van der Waals surface area (Å²) in [6, 6.07) is 0. The fraction of sp³-hybridized carbons (Fsp3) is 0.571. The summed E-state index contributed by atoms with van der Waals surface area (Å²) in [7, 11) is 0. The zero-order valence-corrected chi connectivity index (χ0v) is 15.1. The smallest absolute Gasteiger partial charge is 0.310 e. The van der Waals surface area contributed by atoms with Gasteiger partial charge < -0.3 is 9.47 Å². The lowest BCUT2D eigenvalue weighted by atomic mass is 9.79. The van der Waals surface area contributed by atoms with Crippen LogP contribution in [0.5, 0.6) is 0 Å². The van der Waals surface area contributed by atoms with Crippen LogP contribution in [0.25, 0.3) is 0 Å². The summed E-state index contributed by atoms with van der Waals surface area (Å²) in [5.41, 5.74) is 0. The van der Waals surface area contributed by atoms with Crippen LogP contribution in [-0.4, -0.2) is 25.2 Å². The van der Waals surface area contributed by atoms with E-state index in [2.05, 4.69) is 19.7 Å². The molecule has 1 aliphatic carbocycles. The van der Waals surface area contributed by atoms with Gasteiger partial charge in [0.1, 0.15) is 0 Å². The summed E-state index contributed by atoms with van der Waals surface area (Å²) in [6.45, 7) is 0.140. The first kappa shape index (κ1) is 17.6. The molecular formula is C14H14I2O4. The van der Waals surface area contributed by atoms with Crippen molar-refractivity contribution in [3.05, 3.63) is 0 Å². The van der Waals surface area contributed by atoms with Crippen molar-refractivity contribution in [1.82, 2.24) is 0 Å². The third kappa shape index (κ3) is 5.88. The second-order valence-corrected chi connectivity index (χ2v) is 5.33. The summed E-state index contributed by atoms with van der Waals surface area (Å²) >= 11 is 3.76. The number of halogens is 2. The zero-order valence-electron chi connectivity index (χ0n) is 10.8. The summed E-state index contributed by atoms with van der Waals surface area (Å²) in [4.78, 5) is 24.0. The molecule has 0 spiro atoms. The van der Waals surface area contributed by atoms with E-state index in [1.807, 2.05) is 45.2 Å². The summed E-state index contributed by atoms with van der Waals surface area (Å²) in [6.07, 6.45) is 3.17. The molecule has 0 radical (unpaired) electrons. The van der Waals surface area contributed by atoms with Crippen LogP contribution in [0.2, 0.25) is 0 Å². The summed E-state index contributed by atoms with van der Waals surface area (Å²) in [5.74, 6) is 3.78. The Labute approximate surface area is 146 Å². The highest BCUT2D eigenvalue weighted by molar-refractivity contribution is 14.1. The Kier molecular flexibility index (Phi) is 9.03. The van der Waals surface area contributed by atoms with Crippen LogP contribution in [0.1, 0.15) is 25.7 Å². The van der Waals surface area contributed by atoms with Crippen molar-refractivity contribution in [2.75, 3.05) is 13.2 Å². The SMILES string of the molecule is O=C(OCC#CI)[C@@H]1CCCC[C@H]1C(=O)OCC#CI. The molecule has 0 heterocycles. The number of ether oxygens (including phenoxy) is 2. The van der Waals surface area contributed by atoms with E-state index in [0.29, 0.717) is 12.8 Å². The molecular weight excluding hydrogens is 486 g/mol. The van der Waals surface area contributed by atoms with Crippen LogP contribution < -0.4 is 0 Å². The fourth-order valence-corrected chi connectivity index (χ4v) is 2.49. The number of rotatable bonds is 4. The third-order valence-electron chi connectivity index (χ3n) is 3.08. The molecule has 0 N–H and O–H groups in total. The van der Waals surface area contributed by atoms with Crippen LogP contribution in [-0.2, 0) is 19.1 Å². The second-order valence-electron chi connectivity index (χ2n) is 4.26. The zero-order chi connectivity index (χ0) is 14.8. The van der Waals surface area contributed by atoms with E-state index in [4.69, 9.17) is 9.47 Å². The Balaban J connectivity index is 2.59. The van der Waals surface area contributed by atoms with Crippen molar-refractivity contribution in [3.63, 3.8) is 0 Å². The number of hydrogen-bond acceptors (Lipinski definition) is 4. The lowest BCUT2D eigenvalue weighted by Gasteiger charge is -2.27. The van der Waals surface area contributed by atoms with E-state index in [1.165, 1.54) is 0 Å². The van der Waals surface area contributed by atoms with Crippen molar-refractivity contribution in [1.29, 1.82) is 0 Å². The highest BCUT2D eigenvalue weighted by atomic mass is 127. The van der Waals surface area contributed by atoms with Gasteiger partial charge >= 0.3 is 11.9 Å². The molecule has 1 rings (SSSR count). The minimum atomic E-state index is -0.417. The van der Waals surface area contributed by atoms with Gasteiger partial charge in [-0.1, -0.05) is 24.7 Å². The van der Waals surface area contributed by atoms with Gasteiger partial charge in [-0.15, -0.1) is 0 Å². The molecule has 0 aliphatic heterocycles. The van der Waals surface area contributed by atoms with Gasteiger partial charge in [0.2, 0.25) is 0 Å². The molecule has 1 aliphatic rings. The van der Waals surface area contributed by atoms with Gasteiger partial charge in [-0.3, -0.25) is 9.59 Å². The first-order chi connectivity index (χ1) is 9.70. The molecule has 0 saturated heterocycles. The van der Waals surface area contributed by atoms with Gasteiger partial charge in [0, 0.05) is 45.2 Å². The Morgan fingerprint density at radius 2 is 1.30 bits per heavy atom. The molecule has 0 bridgehead atoms. The second kappa shape index (κ2) is 10.3. The predicted molar refractivity (Wildman–Crippen MR) is 91.0 cm³/mol. The van der Waals surface area contributed by atoms with E-state index in [1.54, 1.807) is 0 Å². The minimum Gasteiger partial charge on any atom is -0.452 e. The van der Waals surface area contributed by atoms with Crippen molar-refractivity contribution in [2.45, 2.75) is 25.7 Å². The van der Waals surface area contributed by atoms with Crippen molar-refractivity contribution >= 4 is 57.1 Å². The Bertz CT molecular complexity index is 423. The molecule has 20 heavy (non-hydrogen) atoms. The molecule has 108 valence electrons. The topological polar surface area (TPSA) is 52.6 Å². The van der Waals surface area contributed by atoms with E-state index < -0.39 is 11.8 Å². The maximum atomic E-state index is 12.0. The van der Waals surface area contributed by atoms with Crippen molar-refractivity contribution in [2.24, 2.45) is 11.8 Å². The summed E-state index contributed by atoms with van der Waals surface area (Å²) in [5, 5.41) is 0. The number of carbonyl (C=O) groups is 2. The number of carbonyl (C=O) groups excluding carboxylic acids is 2. The maximum absolute atomic E-state index is 12.0. The molecule has 4 nitrogen and oxygen atoms in total. The van der Waals surface area contributed by atoms with Crippen LogP contribution in [0.4, 0.5) is 0 Å². The van der Waals surface area contributed by atoms with Gasteiger partial charge in [0.25, 0.3) is 0 Å². The molecule has 0 aromatic rings. The third-order valence-corrected chi connectivity index (χ3v) is 3.84. The predicted octanol–water partition coefficient (Wildman–Crippen LogP) is 2.67. The van der Waals surface area contributed by atoms with Gasteiger partial charge in [-0.25, -0.2) is 0 Å². The largest absolute Gasteiger partial charge is 0.452 e. The number of esters is 2. The van der Waals surface area contributed by atoms with Gasteiger partial charge in [0.15, 0.2) is 13.2 Å². The highest BCUT2D eigenvalue weighted by Crippen LogP contribution is 2.32. The lowest BCUT2D eigenvalue weighted by Crippen LogP contribution is -2.35.